The molecule has 1 aliphatic rings. The third kappa shape index (κ3) is 3.60. The van der Waals surface area contributed by atoms with Crippen molar-refractivity contribution in [3.63, 3.8) is 0 Å². The molecule has 1 aromatic rings. The van der Waals surface area contributed by atoms with Gasteiger partial charge in [-0.05, 0) is 53.6 Å². The van der Waals surface area contributed by atoms with Crippen LogP contribution in [0.25, 0.3) is 0 Å². The van der Waals surface area contributed by atoms with Crippen LogP contribution in [0, 0.1) is 3.57 Å². The second-order valence-corrected chi connectivity index (χ2v) is 6.00. The van der Waals surface area contributed by atoms with Crippen LogP contribution in [-0.4, -0.2) is 41.1 Å². The molecular weight excluding hydrogens is 373 g/mol. The van der Waals surface area contributed by atoms with E-state index in [4.69, 9.17) is 10.8 Å². The highest BCUT2D eigenvalue weighted by atomic mass is 127. The predicted molar refractivity (Wildman–Crippen MR) is 83.9 cm³/mol. The van der Waals surface area contributed by atoms with E-state index in [0.717, 1.165) is 16.4 Å². The summed E-state index contributed by atoms with van der Waals surface area (Å²) in [6.45, 7) is 1.19. The average Bonchev–Trinajstić information content (AvgIpc) is 2.41. The van der Waals surface area contributed by atoms with Crippen molar-refractivity contribution < 1.29 is 14.7 Å². The molecule has 0 atom stereocenters. The van der Waals surface area contributed by atoms with Crippen molar-refractivity contribution in [1.82, 2.24) is 4.90 Å². The molecule has 0 aromatic heterocycles. The molecular formula is C13H16IN3O3. The van der Waals surface area contributed by atoms with Crippen molar-refractivity contribution in [1.29, 1.82) is 0 Å². The fraction of sp³-hybridized carbons (Fsp3) is 0.385. The van der Waals surface area contributed by atoms with E-state index in [1.165, 1.54) is 6.07 Å². The molecule has 0 radical (unpaired) electrons. The summed E-state index contributed by atoms with van der Waals surface area (Å²) >= 11 is 2.03. The maximum atomic E-state index is 12.1. The number of urea groups is 1. The van der Waals surface area contributed by atoms with Gasteiger partial charge in [0.1, 0.15) is 0 Å². The van der Waals surface area contributed by atoms with Crippen LogP contribution >= 0.6 is 22.6 Å². The van der Waals surface area contributed by atoms with Crippen molar-refractivity contribution in [2.75, 3.05) is 18.4 Å². The Morgan fingerprint density at radius 3 is 2.60 bits per heavy atom. The van der Waals surface area contributed by atoms with Crippen LogP contribution in [0.15, 0.2) is 18.2 Å². The number of hydrogen-bond donors (Lipinski definition) is 3. The van der Waals surface area contributed by atoms with Gasteiger partial charge in [-0.15, -0.1) is 0 Å². The van der Waals surface area contributed by atoms with Gasteiger partial charge in [0.25, 0.3) is 0 Å². The Bertz CT molecular complexity index is 528. The summed E-state index contributed by atoms with van der Waals surface area (Å²) in [5.74, 6) is -1.06. The first kappa shape index (κ1) is 15.0. The summed E-state index contributed by atoms with van der Waals surface area (Å²) in [6.07, 6.45) is 1.54. The summed E-state index contributed by atoms with van der Waals surface area (Å²) in [7, 11) is 0. The summed E-state index contributed by atoms with van der Waals surface area (Å²) in [5, 5.41) is 11.8. The maximum absolute atomic E-state index is 12.1. The Labute approximate surface area is 130 Å². The minimum Gasteiger partial charge on any atom is -0.478 e. The number of carbonyl (C=O) groups is 2. The molecule has 0 spiro atoms. The van der Waals surface area contributed by atoms with Gasteiger partial charge in [-0.3, -0.25) is 0 Å². The molecule has 2 rings (SSSR count). The number of piperidine rings is 1. The molecule has 0 unspecified atom stereocenters. The zero-order valence-electron chi connectivity index (χ0n) is 10.8. The van der Waals surface area contributed by atoms with Gasteiger partial charge >= 0.3 is 12.0 Å². The van der Waals surface area contributed by atoms with Gasteiger partial charge in [-0.25, -0.2) is 9.59 Å². The fourth-order valence-electron chi connectivity index (χ4n) is 2.10. The number of likely N-dealkylation sites (tertiary alicyclic amines) is 1. The van der Waals surface area contributed by atoms with E-state index in [0.29, 0.717) is 18.8 Å². The van der Waals surface area contributed by atoms with Crippen molar-refractivity contribution >= 4 is 40.3 Å². The van der Waals surface area contributed by atoms with E-state index in [2.05, 4.69) is 5.32 Å². The second-order valence-electron chi connectivity index (χ2n) is 4.75. The SMILES string of the molecule is NC1CCN(C(=O)Nc2ccc(I)cc2C(=O)O)CC1. The van der Waals surface area contributed by atoms with Gasteiger partial charge in [-0.2, -0.15) is 0 Å². The molecule has 1 saturated heterocycles. The fourth-order valence-corrected chi connectivity index (χ4v) is 2.59. The molecule has 108 valence electrons. The Morgan fingerprint density at radius 2 is 2.00 bits per heavy atom. The molecule has 1 fully saturated rings. The number of nitrogens with zero attached hydrogens (tertiary/aromatic N) is 1. The number of halogens is 1. The number of aromatic carboxylic acids is 1. The smallest absolute Gasteiger partial charge is 0.337 e. The number of carboxylic acids is 1. The lowest BCUT2D eigenvalue weighted by molar-refractivity contribution is 0.0698. The van der Waals surface area contributed by atoms with Crippen molar-refractivity contribution in [2.24, 2.45) is 5.73 Å². The van der Waals surface area contributed by atoms with Gasteiger partial charge in [0.15, 0.2) is 0 Å². The van der Waals surface area contributed by atoms with Crippen molar-refractivity contribution in [2.45, 2.75) is 18.9 Å². The summed E-state index contributed by atoms with van der Waals surface area (Å²) in [4.78, 5) is 25.0. The number of hydrogen-bond acceptors (Lipinski definition) is 3. The van der Waals surface area contributed by atoms with E-state index >= 15 is 0 Å². The first-order valence-corrected chi connectivity index (χ1v) is 7.39. The van der Waals surface area contributed by atoms with Crippen molar-refractivity contribution in [3.8, 4) is 0 Å². The van der Waals surface area contributed by atoms with E-state index in [9.17, 15) is 9.59 Å². The van der Waals surface area contributed by atoms with Crippen LogP contribution in [-0.2, 0) is 0 Å². The van der Waals surface area contributed by atoms with Crippen LogP contribution < -0.4 is 11.1 Å². The number of benzene rings is 1. The lowest BCUT2D eigenvalue weighted by Crippen LogP contribution is -2.44. The van der Waals surface area contributed by atoms with E-state index in [1.54, 1.807) is 17.0 Å². The highest BCUT2D eigenvalue weighted by Crippen LogP contribution is 2.20. The molecule has 7 heteroatoms. The molecule has 0 aliphatic carbocycles. The molecule has 2 amide bonds. The van der Waals surface area contributed by atoms with E-state index in [-0.39, 0.29) is 17.6 Å². The number of anilines is 1. The Balaban J connectivity index is 2.10. The molecule has 1 aliphatic heterocycles. The average molecular weight is 389 g/mol. The van der Waals surface area contributed by atoms with Crippen LogP contribution in [0.4, 0.5) is 10.5 Å². The van der Waals surface area contributed by atoms with Gasteiger partial charge in [0, 0.05) is 22.7 Å². The third-order valence-electron chi connectivity index (χ3n) is 3.28. The van der Waals surface area contributed by atoms with Crippen LogP contribution in [0.1, 0.15) is 23.2 Å². The molecule has 1 aromatic carbocycles. The monoisotopic (exact) mass is 389 g/mol. The second kappa shape index (κ2) is 6.40. The zero-order valence-corrected chi connectivity index (χ0v) is 13.0. The number of carboxylic acid groups (broad SMARTS) is 1. The van der Waals surface area contributed by atoms with Gasteiger partial charge in [0.2, 0.25) is 0 Å². The zero-order chi connectivity index (χ0) is 14.7. The number of rotatable bonds is 2. The molecule has 6 nitrogen and oxygen atoms in total. The first-order chi connectivity index (χ1) is 9.47. The van der Waals surface area contributed by atoms with Crippen LogP contribution in [0.2, 0.25) is 0 Å². The number of carbonyl (C=O) groups excluding carboxylic acids is 1. The number of nitrogens with two attached hydrogens (primary N) is 1. The minimum atomic E-state index is -1.06. The lowest BCUT2D eigenvalue weighted by atomic mass is 10.1. The highest BCUT2D eigenvalue weighted by molar-refractivity contribution is 14.1. The third-order valence-corrected chi connectivity index (χ3v) is 3.95. The lowest BCUT2D eigenvalue weighted by Gasteiger charge is -2.30. The molecule has 20 heavy (non-hydrogen) atoms. The van der Waals surface area contributed by atoms with E-state index in [1.807, 2.05) is 22.6 Å². The number of amides is 2. The molecule has 4 N–H and O–H groups in total. The van der Waals surface area contributed by atoms with Gasteiger partial charge in [-0.1, -0.05) is 0 Å². The maximum Gasteiger partial charge on any atom is 0.337 e. The topological polar surface area (TPSA) is 95.7 Å². The van der Waals surface area contributed by atoms with Crippen LogP contribution in [0.3, 0.4) is 0 Å². The Kier molecular flexibility index (Phi) is 4.81. The van der Waals surface area contributed by atoms with Gasteiger partial charge < -0.3 is 21.1 Å². The first-order valence-electron chi connectivity index (χ1n) is 6.31. The van der Waals surface area contributed by atoms with Crippen LogP contribution in [0.5, 0.6) is 0 Å². The standard InChI is InChI=1S/C13H16IN3O3/c14-8-1-2-11(10(7-8)12(18)19)16-13(20)17-5-3-9(15)4-6-17/h1-2,7,9H,3-6,15H2,(H,16,20)(H,18,19). The van der Waals surface area contributed by atoms with E-state index < -0.39 is 5.97 Å². The quantitative estimate of drug-likeness (QED) is 0.674. The van der Waals surface area contributed by atoms with Crippen molar-refractivity contribution in [3.05, 3.63) is 27.3 Å². The molecule has 0 bridgehead atoms. The highest BCUT2D eigenvalue weighted by Gasteiger charge is 2.22. The summed E-state index contributed by atoms with van der Waals surface area (Å²) < 4.78 is 0.807. The summed E-state index contributed by atoms with van der Waals surface area (Å²) in [5.41, 5.74) is 6.21. The van der Waals surface area contributed by atoms with Gasteiger partial charge in [0.05, 0.1) is 11.3 Å². The Morgan fingerprint density at radius 1 is 1.35 bits per heavy atom. The normalized spacial score (nSPS) is 16.0. The molecule has 1 heterocycles. The Hall–Kier alpha value is -1.35. The largest absolute Gasteiger partial charge is 0.478 e. The predicted octanol–water partition coefficient (Wildman–Crippen LogP) is 1.94. The molecule has 0 saturated carbocycles. The number of nitrogens with one attached hydrogen (secondary N) is 1. The minimum absolute atomic E-state index is 0.0963. The summed E-state index contributed by atoms with van der Waals surface area (Å²) in [6, 6.07) is 4.77.